The second-order valence-electron chi connectivity index (χ2n) is 6.40. The summed E-state index contributed by atoms with van der Waals surface area (Å²) in [5, 5.41) is 12.4. The molecule has 0 unspecified atom stereocenters. The molecule has 0 saturated carbocycles. The van der Waals surface area contributed by atoms with Crippen molar-refractivity contribution in [1.29, 1.82) is 5.26 Å². The number of rotatable bonds is 6. The van der Waals surface area contributed by atoms with E-state index in [0.29, 0.717) is 28.1 Å². The first-order chi connectivity index (χ1) is 14.7. The Morgan fingerprint density at radius 3 is 2.57 bits per heavy atom. The lowest BCUT2D eigenvalue weighted by Gasteiger charge is -2.10. The molecule has 0 bridgehead atoms. The largest absolute Gasteiger partial charge is 0.483 e. The Hall–Kier alpha value is -4.37. The maximum atomic E-state index is 12.2. The molecule has 0 atom stereocenters. The fourth-order valence-electron chi connectivity index (χ4n) is 2.88. The summed E-state index contributed by atoms with van der Waals surface area (Å²) >= 11 is 0. The summed E-state index contributed by atoms with van der Waals surface area (Å²) in [6, 6.07) is 25.7. The number of nitriles is 1. The van der Waals surface area contributed by atoms with Crippen LogP contribution in [0.15, 0.2) is 83.3 Å². The van der Waals surface area contributed by atoms with Crippen molar-refractivity contribution in [3.63, 3.8) is 0 Å². The van der Waals surface area contributed by atoms with E-state index < -0.39 is 0 Å². The third-order valence-electron chi connectivity index (χ3n) is 4.28. The van der Waals surface area contributed by atoms with Crippen molar-refractivity contribution in [3.8, 4) is 11.8 Å². The minimum absolute atomic E-state index is 0.162. The van der Waals surface area contributed by atoms with Crippen LogP contribution < -0.4 is 10.1 Å². The van der Waals surface area contributed by atoms with E-state index in [9.17, 15) is 10.1 Å². The Morgan fingerprint density at radius 2 is 1.77 bits per heavy atom. The van der Waals surface area contributed by atoms with Crippen LogP contribution in [0.3, 0.4) is 0 Å². The van der Waals surface area contributed by atoms with Gasteiger partial charge in [-0.25, -0.2) is 4.98 Å². The number of anilines is 1. The molecule has 0 aliphatic carbocycles. The summed E-state index contributed by atoms with van der Waals surface area (Å²) in [6.45, 7) is -0.162. The van der Waals surface area contributed by atoms with Crippen molar-refractivity contribution < 1.29 is 13.9 Å². The van der Waals surface area contributed by atoms with Gasteiger partial charge in [-0.2, -0.15) is 5.26 Å². The van der Waals surface area contributed by atoms with Gasteiger partial charge >= 0.3 is 0 Å². The Kier molecular flexibility index (Phi) is 5.54. The maximum absolute atomic E-state index is 12.2. The number of fused-ring (bicyclic) bond motifs is 1. The fourth-order valence-corrected chi connectivity index (χ4v) is 2.88. The molecule has 0 aliphatic heterocycles. The van der Waals surface area contributed by atoms with E-state index in [1.807, 2.05) is 42.5 Å². The second kappa shape index (κ2) is 8.76. The van der Waals surface area contributed by atoms with Crippen LogP contribution in [0.25, 0.3) is 22.7 Å². The number of para-hydroxylation sites is 4. The number of hydrogen-bond donors (Lipinski definition) is 1. The van der Waals surface area contributed by atoms with Crippen LogP contribution in [0.2, 0.25) is 0 Å². The molecular weight excluding hydrogens is 378 g/mol. The minimum atomic E-state index is -0.278. The molecule has 1 N–H and O–H groups in total. The first kappa shape index (κ1) is 19.0. The van der Waals surface area contributed by atoms with E-state index in [4.69, 9.17) is 9.15 Å². The summed E-state index contributed by atoms with van der Waals surface area (Å²) in [7, 11) is 0. The highest BCUT2D eigenvalue weighted by Crippen LogP contribution is 2.26. The van der Waals surface area contributed by atoms with Gasteiger partial charge in [0, 0.05) is 11.3 Å². The molecule has 3 aromatic carbocycles. The SMILES string of the molecule is N#C/C(=C\c1ccccc1OCC(=O)Nc1ccccc1)c1nc2ccccc2o1. The maximum Gasteiger partial charge on any atom is 0.262 e. The highest BCUT2D eigenvalue weighted by atomic mass is 16.5. The van der Waals surface area contributed by atoms with Gasteiger partial charge in [0.15, 0.2) is 12.2 Å². The van der Waals surface area contributed by atoms with Crippen molar-refractivity contribution in [2.75, 3.05) is 11.9 Å². The summed E-state index contributed by atoms with van der Waals surface area (Å²) in [6.07, 6.45) is 1.63. The van der Waals surface area contributed by atoms with Crippen molar-refractivity contribution in [3.05, 3.63) is 90.3 Å². The minimum Gasteiger partial charge on any atom is -0.483 e. The normalized spacial score (nSPS) is 11.1. The molecule has 4 aromatic rings. The lowest BCUT2D eigenvalue weighted by molar-refractivity contribution is -0.118. The number of carbonyl (C=O) groups is 1. The van der Waals surface area contributed by atoms with E-state index in [0.717, 1.165) is 0 Å². The number of allylic oxidation sites excluding steroid dienone is 1. The summed E-state index contributed by atoms with van der Waals surface area (Å²) in [4.78, 5) is 16.5. The van der Waals surface area contributed by atoms with Gasteiger partial charge in [-0.05, 0) is 36.4 Å². The van der Waals surface area contributed by atoms with Gasteiger partial charge in [0.1, 0.15) is 22.9 Å². The van der Waals surface area contributed by atoms with Gasteiger partial charge in [0.05, 0.1) is 0 Å². The topological polar surface area (TPSA) is 88.1 Å². The fraction of sp³-hybridized carbons (Fsp3) is 0.0417. The molecule has 0 fully saturated rings. The van der Waals surface area contributed by atoms with Crippen LogP contribution in [0.1, 0.15) is 11.5 Å². The quantitative estimate of drug-likeness (QED) is 0.469. The number of oxazole rings is 1. The zero-order chi connectivity index (χ0) is 20.8. The van der Waals surface area contributed by atoms with Crippen molar-refractivity contribution in [1.82, 2.24) is 4.98 Å². The Labute approximate surface area is 173 Å². The third kappa shape index (κ3) is 4.37. The number of benzene rings is 3. The number of aromatic nitrogens is 1. The molecule has 1 amide bonds. The molecule has 4 rings (SSSR count). The average molecular weight is 395 g/mol. The number of ether oxygens (including phenoxy) is 1. The van der Waals surface area contributed by atoms with Gasteiger partial charge in [0.2, 0.25) is 5.89 Å². The highest BCUT2D eigenvalue weighted by Gasteiger charge is 2.12. The molecule has 30 heavy (non-hydrogen) atoms. The molecule has 1 aromatic heterocycles. The van der Waals surface area contributed by atoms with Crippen molar-refractivity contribution in [2.45, 2.75) is 0 Å². The first-order valence-corrected chi connectivity index (χ1v) is 9.27. The number of amides is 1. The molecular formula is C24H17N3O3. The van der Waals surface area contributed by atoms with Gasteiger partial charge in [-0.15, -0.1) is 0 Å². The summed E-state index contributed by atoms with van der Waals surface area (Å²) in [5.41, 5.74) is 2.88. The summed E-state index contributed by atoms with van der Waals surface area (Å²) < 4.78 is 11.4. The Bertz CT molecular complexity index is 1220. The lowest BCUT2D eigenvalue weighted by atomic mass is 10.1. The molecule has 146 valence electrons. The number of carbonyl (C=O) groups excluding carboxylic acids is 1. The van der Waals surface area contributed by atoms with Crippen molar-refractivity contribution in [2.24, 2.45) is 0 Å². The average Bonchev–Trinajstić information content (AvgIpc) is 3.21. The zero-order valence-electron chi connectivity index (χ0n) is 15.9. The number of nitrogens with one attached hydrogen (secondary N) is 1. The predicted octanol–water partition coefficient (Wildman–Crippen LogP) is 4.91. The Morgan fingerprint density at radius 1 is 1.03 bits per heavy atom. The van der Waals surface area contributed by atoms with Crippen molar-refractivity contribution >= 4 is 34.3 Å². The standard InChI is InChI=1S/C24H17N3O3/c25-15-18(24-27-20-11-5-7-13-22(20)30-24)14-17-8-4-6-12-21(17)29-16-23(28)26-19-9-2-1-3-10-19/h1-14H,16H2,(H,26,28)/b18-14+. The van der Waals surface area contributed by atoms with Crippen LogP contribution in [-0.4, -0.2) is 17.5 Å². The van der Waals surface area contributed by atoms with Gasteiger partial charge in [-0.3, -0.25) is 4.79 Å². The van der Waals surface area contributed by atoms with E-state index >= 15 is 0 Å². The van der Waals surface area contributed by atoms with Crippen LogP contribution in [0.4, 0.5) is 5.69 Å². The molecule has 6 nitrogen and oxygen atoms in total. The van der Waals surface area contributed by atoms with Gasteiger partial charge in [0.25, 0.3) is 5.91 Å². The van der Waals surface area contributed by atoms with E-state index in [2.05, 4.69) is 16.4 Å². The molecule has 0 radical (unpaired) electrons. The molecule has 0 saturated heterocycles. The zero-order valence-corrected chi connectivity index (χ0v) is 15.9. The van der Waals surface area contributed by atoms with Crippen LogP contribution >= 0.6 is 0 Å². The third-order valence-corrected chi connectivity index (χ3v) is 4.28. The highest BCUT2D eigenvalue weighted by molar-refractivity contribution is 5.92. The van der Waals surface area contributed by atoms with Gasteiger partial charge in [-0.1, -0.05) is 48.5 Å². The Balaban J connectivity index is 1.53. The second-order valence-corrected chi connectivity index (χ2v) is 6.40. The van der Waals surface area contributed by atoms with Gasteiger partial charge < -0.3 is 14.5 Å². The molecule has 6 heteroatoms. The molecule has 0 aliphatic rings. The number of hydrogen-bond acceptors (Lipinski definition) is 5. The lowest BCUT2D eigenvalue weighted by Crippen LogP contribution is -2.20. The first-order valence-electron chi connectivity index (χ1n) is 9.27. The smallest absolute Gasteiger partial charge is 0.262 e. The van der Waals surface area contributed by atoms with Crippen LogP contribution in [-0.2, 0) is 4.79 Å². The number of nitrogens with zero attached hydrogens (tertiary/aromatic N) is 2. The monoisotopic (exact) mass is 395 g/mol. The van der Waals surface area contributed by atoms with Crippen LogP contribution in [0.5, 0.6) is 5.75 Å². The molecule has 0 spiro atoms. The predicted molar refractivity (Wildman–Crippen MR) is 115 cm³/mol. The van der Waals surface area contributed by atoms with Crippen LogP contribution in [0, 0.1) is 11.3 Å². The molecule has 1 heterocycles. The van der Waals surface area contributed by atoms with E-state index in [1.165, 1.54) is 0 Å². The summed E-state index contributed by atoms with van der Waals surface area (Å²) in [5.74, 6) is 0.430. The van der Waals surface area contributed by atoms with E-state index in [1.54, 1.807) is 42.5 Å². The van der Waals surface area contributed by atoms with E-state index in [-0.39, 0.29) is 24.0 Å².